The Labute approximate surface area is 263 Å². The van der Waals surface area contributed by atoms with Crippen LogP contribution in [0.3, 0.4) is 0 Å². The first-order valence-electron chi connectivity index (χ1n) is 15.6. The van der Waals surface area contributed by atoms with Crippen molar-refractivity contribution in [2.45, 2.75) is 38.5 Å². The lowest BCUT2D eigenvalue weighted by molar-refractivity contribution is 0.483. The number of hydrogen-bond acceptors (Lipinski definition) is 3. The molecule has 0 atom stereocenters. The van der Waals surface area contributed by atoms with Gasteiger partial charge >= 0.3 is 0 Å². The quantitative estimate of drug-likeness (QED) is 0.207. The minimum atomic E-state index is -0.158. The zero-order valence-electron chi connectivity index (χ0n) is 25.9. The summed E-state index contributed by atoms with van der Waals surface area (Å²) in [5.41, 5.74) is 10.8. The second kappa shape index (κ2) is 9.09. The molecule has 7 aromatic rings. The van der Waals surface area contributed by atoms with Gasteiger partial charge in [0.2, 0.25) is 0 Å². The number of benzene rings is 5. The molecule has 0 saturated heterocycles. The summed E-state index contributed by atoms with van der Waals surface area (Å²) >= 11 is 0. The molecule has 4 heteroatoms. The maximum Gasteiger partial charge on any atom is 0.141 e. The lowest BCUT2D eigenvalue weighted by atomic mass is 9.74. The maximum absolute atomic E-state index is 6.65. The average molecular weight is 584 g/mol. The molecule has 0 aliphatic carbocycles. The second-order valence-corrected chi connectivity index (χ2v) is 13.3. The highest BCUT2D eigenvalue weighted by atomic mass is 16.5. The van der Waals surface area contributed by atoms with Crippen molar-refractivity contribution in [1.29, 1.82) is 0 Å². The third-order valence-corrected chi connectivity index (χ3v) is 10.1. The van der Waals surface area contributed by atoms with Crippen molar-refractivity contribution in [2.24, 2.45) is 0 Å². The van der Waals surface area contributed by atoms with E-state index in [2.05, 4.69) is 146 Å². The van der Waals surface area contributed by atoms with Crippen LogP contribution in [0.1, 0.15) is 49.9 Å². The lowest BCUT2D eigenvalue weighted by Crippen LogP contribution is -2.31. The van der Waals surface area contributed by atoms with Crippen molar-refractivity contribution in [3.05, 3.63) is 150 Å². The number of ether oxygens (including phenoxy) is 1. The summed E-state index contributed by atoms with van der Waals surface area (Å²) in [6.45, 7) is 9.22. The molecule has 45 heavy (non-hydrogen) atoms. The van der Waals surface area contributed by atoms with E-state index >= 15 is 0 Å². The van der Waals surface area contributed by atoms with Crippen LogP contribution in [0.4, 0.5) is 17.2 Å². The fourth-order valence-electron chi connectivity index (χ4n) is 7.81. The van der Waals surface area contributed by atoms with Crippen LogP contribution in [0.2, 0.25) is 0 Å². The molecule has 2 aliphatic rings. The molecule has 0 N–H and O–H groups in total. The van der Waals surface area contributed by atoms with Gasteiger partial charge in [-0.05, 0) is 59.2 Å². The Balaban J connectivity index is 1.17. The molecular weight excluding hydrogens is 550 g/mol. The summed E-state index contributed by atoms with van der Waals surface area (Å²) in [5, 5.41) is 2.51. The van der Waals surface area contributed by atoms with Crippen LogP contribution < -0.4 is 9.64 Å². The van der Waals surface area contributed by atoms with E-state index in [1.54, 1.807) is 0 Å². The van der Waals surface area contributed by atoms with E-state index in [1.165, 1.54) is 44.2 Å². The van der Waals surface area contributed by atoms with Crippen molar-refractivity contribution in [1.82, 2.24) is 9.55 Å². The predicted molar refractivity (Wildman–Crippen MR) is 184 cm³/mol. The molecule has 2 aliphatic heterocycles. The van der Waals surface area contributed by atoms with E-state index in [0.717, 1.165) is 34.2 Å². The van der Waals surface area contributed by atoms with Gasteiger partial charge in [0.25, 0.3) is 0 Å². The molecular formula is C41H33N3O. The number of nitrogens with zero attached hydrogens (tertiary/aromatic N) is 3. The zero-order valence-corrected chi connectivity index (χ0v) is 25.9. The highest BCUT2D eigenvalue weighted by molar-refractivity contribution is 6.11. The van der Waals surface area contributed by atoms with Gasteiger partial charge in [0.05, 0.1) is 28.1 Å². The molecule has 2 aromatic heterocycles. The number of para-hydroxylation sites is 3. The number of rotatable bonds is 3. The van der Waals surface area contributed by atoms with Crippen molar-refractivity contribution in [3.63, 3.8) is 0 Å². The third kappa shape index (κ3) is 3.57. The van der Waals surface area contributed by atoms with Crippen molar-refractivity contribution in [2.75, 3.05) is 4.90 Å². The van der Waals surface area contributed by atoms with Gasteiger partial charge in [-0.3, -0.25) is 4.90 Å². The van der Waals surface area contributed by atoms with Crippen LogP contribution in [0, 0.1) is 0 Å². The van der Waals surface area contributed by atoms with Crippen LogP contribution in [-0.2, 0) is 10.8 Å². The first-order chi connectivity index (χ1) is 21.8. The average Bonchev–Trinajstić information content (AvgIpc) is 3.38. The van der Waals surface area contributed by atoms with Crippen LogP contribution in [0.25, 0.3) is 27.5 Å². The Morgan fingerprint density at radius 2 is 1.22 bits per heavy atom. The molecule has 0 bridgehead atoms. The largest absolute Gasteiger partial charge is 0.457 e. The minimum Gasteiger partial charge on any atom is -0.457 e. The van der Waals surface area contributed by atoms with Gasteiger partial charge in [0, 0.05) is 45.5 Å². The van der Waals surface area contributed by atoms with Crippen LogP contribution >= 0.6 is 0 Å². The zero-order chi connectivity index (χ0) is 30.5. The highest BCUT2D eigenvalue weighted by Gasteiger charge is 2.38. The molecule has 0 saturated carbocycles. The normalized spacial score (nSPS) is 15.4. The third-order valence-electron chi connectivity index (χ3n) is 10.1. The number of hydrogen-bond donors (Lipinski definition) is 0. The van der Waals surface area contributed by atoms with Gasteiger partial charge in [-0.15, -0.1) is 0 Å². The summed E-state index contributed by atoms with van der Waals surface area (Å²) in [6.07, 6.45) is 1.88. The standard InChI is InChI=1S/C41H33N3O/c1-40(2)32-16-6-8-20-36(32)44-37-25-28(21-22-29(37)30-14-10-17-33(40)38(30)44)45-27-13-9-12-26(24-27)43-35-19-7-5-15-31(35)41(3,4)34-18-11-23-42-39(34)43/h5-25H,1-4H3. The SMILES string of the molecule is CC1(C)c2ccccc2N(c2cccc(Oc3ccc4c5cccc6c5n(c4c3)-c3ccccc3C6(C)C)c2)c2ncccc21. The Morgan fingerprint density at radius 3 is 2.07 bits per heavy atom. The predicted octanol–water partition coefficient (Wildman–Crippen LogP) is 10.7. The van der Waals surface area contributed by atoms with Crippen molar-refractivity contribution < 1.29 is 4.74 Å². The fraction of sp³-hybridized carbons (Fsp3) is 0.146. The molecule has 0 fully saturated rings. The van der Waals surface area contributed by atoms with E-state index in [-0.39, 0.29) is 10.8 Å². The lowest BCUT2D eigenvalue weighted by Gasteiger charge is -2.40. The highest BCUT2D eigenvalue weighted by Crippen LogP contribution is 2.51. The van der Waals surface area contributed by atoms with Crippen LogP contribution in [0.15, 0.2) is 128 Å². The van der Waals surface area contributed by atoms with E-state index in [1.807, 2.05) is 18.3 Å². The Kier molecular flexibility index (Phi) is 5.27. The molecule has 0 unspecified atom stereocenters. The molecule has 0 radical (unpaired) electrons. The Bertz CT molecular complexity index is 2280. The van der Waals surface area contributed by atoms with Gasteiger partial charge in [0.1, 0.15) is 17.3 Å². The van der Waals surface area contributed by atoms with Crippen molar-refractivity contribution in [3.8, 4) is 17.2 Å². The monoisotopic (exact) mass is 583 g/mol. The molecule has 5 aromatic carbocycles. The molecule has 0 amide bonds. The summed E-state index contributed by atoms with van der Waals surface area (Å²) in [6, 6.07) is 43.2. The maximum atomic E-state index is 6.65. The molecule has 9 rings (SSSR count). The number of anilines is 3. The molecule has 4 nitrogen and oxygen atoms in total. The van der Waals surface area contributed by atoms with Crippen LogP contribution in [0.5, 0.6) is 11.5 Å². The molecule has 0 spiro atoms. The summed E-state index contributed by atoms with van der Waals surface area (Å²) < 4.78 is 9.08. The smallest absolute Gasteiger partial charge is 0.141 e. The number of aromatic nitrogens is 2. The van der Waals surface area contributed by atoms with Gasteiger partial charge in [-0.1, -0.05) is 94.4 Å². The molecule has 4 heterocycles. The number of pyridine rings is 1. The van der Waals surface area contributed by atoms with Gasteiger partial charge in [0.15, 0.2) is 0 Å². The van der Waals surface area contributed by atoms with E-state index in [0.29, 0.717) is 0 Å². The van der Waals surface area contributed by atoms with E-state index in [4.69, 9.17) is 9.72 Å². The molecule has 218 valence electrons. The van der Waals surface area contributed by atoms with Gasteiger partial charge in [-0.25, -0.2) is 4.98 Å². The van der Waals surface area contributed by atoms with E-state index in [9.17, 15) is 0 Å². The Hall–Kier alpha value is -5.35. The summed E-state index contributed by atoms with van der Waals surface area (Å²) in [7, 11) is 0. The van der Waals surface area contributed by atoms with E-state index < -0.39 is 0 Å². The second-order valence-electron chi connectivity index (χ2n) is 13.3. The van der Waals surface area contributed by atoms with Gasteiger partial charge in [-0.2, -0.15) is 0 Å². The fourth-order valence-corrected chi connectivity index (χ4v) is 7.81. The first kappa shape index (κ1) is 26.1. The van der Waals surface area contributed by atoms with Gasteiger partial charge < -0.3 is 9.30 Å². The van der Waals surface area contributed by atoms with Crippen LogP contribution in [-0.4, -0.2) is 9.55 Å². The van der Waals surface area contributed by atoms with Crippen molar-refractivity contribution >= 4 is 39.0 Å². The number of fused-ring (bicyclic) bond motifs is 7. The minimum absolute atomic E-state index is 0.0873. The Morgan fingerprint density at radius 1 is 0.556 bits per heavy atom. The summed E-state index contributed by atoms with van der Waals surface area (Å²) in [4.78, 5) is 7.14. The summed E-state index contributed by atoms with van der Waals surface area (Å²) in [5.74, 6) is 2.54. The first-order valence-corrected chi connectivity index (χ1v) is 15.6. The topological polar surface area (TPSA) is 30.3 Å².